The molecule has 0 aliphatic carbocycles. The molecule has 2 aromatic carbocycles. The van der Waals surface area contributed by atoms with Crippen LogP contribution in [-0.4, -0.2) is 35.0 Å². The Bertz CT molecular complexity index is 805. The number of imide groups is 1. The van der Waals surface area contributed by atoms with Crippen LogP contribution in [0.5, 0.6) is 0 Å². The van der Waals surface area contributed by atoms with Crippen LogP contribution in [0.15, 0.2) is 66.7 Å². The molecule has 0 saturated carbocycles. The van der Waals surface area contributed by atoms with Crippen molar-refractivity contribution in [2.75, 3.05) is 13.1 Å². The zero-order valence-electron chi connectivity index (χ0n) is 15.1. The molecule has 1 N–H and O–H groups in total. The fourth-order valence-electron chi connectivity index (χ4n) is 3.27. The quantitative estimate of drug-likeness (QED) is 0.886. The lowest BCUT2D eigenvalue weighted by Gasteiger charge is -2.48. The van der Waals surface area contributed by atoms with Gasteiger partial charge in [0.2, 0.25) is 0 Å². The maximum atomic E-state index is 13.0. The van der Waals surface area contributed by atoms with Gasteiger partial charge in [0, 0.05) is 18.7 Å². The summed E-state index contributed by atoms with van der Waals surface area (Å²) in [6.45, 7) is 4.50. The number of nitrogens with one attached hydrogen (secondary N) is 1. The van der Waals surface area contributed by atoms with Crippen LogP contribution in [0, 0.1) is 0 Å². The van der Waals surface area contributed by atoms with Gasteiger partial charge in [0.1, 0.15) is 0 Å². The van der Waals surface area contributed by atoms with Crippen LogP contribution in [0.3, 0.4) is 0 Å². The summed E-state index contributed by atoms with van der Waals surface area (Å²) in [5, 5.41) is 3.05. The number of urea groups is 2. The van der Waals surface area contributed by atoms with E-state index in [9.17, 15) is 9.59 Å². The van der Waals surface area contributed by atoms with Gasteiger partial charge < -0.3 is 5.32 Å². The molecule has 1 fully saturated rings. The summed E-state index contributed by atoms with van der Waals surface area (Å²) in [5.74, 6) is 0. The van der Waals surface area contributed by atoms with Gasteiger partial charge in [-0.05, 0) is 25.5 Å². The molecule has 5 heteroatoms. The van der Waals surface area contributed by atoms with E-state index in [0.717, 1.165) is 11.1 Å². The van der Waals surface area contributed by atoms with Crippen LogP contribution >= 0.6 is 0 Å². The molecule has 134 valence electrons. The number of carbonyl (C=O) groups excluding carboxylic acids is 2. The highest BCUT2D eigenvalue weighted by atomic mass is 16.2. The molecule has 1 aliphatic heterocycles. The molecule has 1 saturated heterocycles. The van der Waals surface area contributed by atoms with Crippen molar-refractivity contribution >= 4 is 18.1 Å². The molecular weight excluding hydrogens is 326 g/mol. The second-order valence-electron chi connectivity index (χ2n) is 6.08. The molecule has 1 heterocycles. The van der Waals surface area contributed by atoms with Crippen molar-refractivity contribution in [3.05, 3.63) is 77.9 Å². The Morgan fingerprint density at radius 2 is 1.54 bits per heavy atom. The summed E-state index contributed by atoms with van der Waals surface area (Å²) in [6.07, 6.45) is 3.83. The van der Waals surface area contributed by atoms with E-state index < -0.39 is 5.66 Å². The Labute approximate surface area is 153 Å². The Hall–Kier alpha value is -3.08. The van der Waals surface area contributed by atoms with E-state index in [4.69, 9.17) is 0 Å². The SMILES string of the molecule is CCN1C(=O)NC(/C=C/c2ccccc2)(c2ccccc2)N(CC)C1=O. The summed E-state index contributed by atoms with van der Waals surface area (Å²) in [7, 11) is 0. The minimum Gasteiger partial charge on any atom is -0.307 e. The molecule has 3 rings (SSSR count). The molecule has 2 aromatic rings. The first-order chi connectivity index (χ1) is 12.6. The average molecular weight is 349 g/mol. The molecule has 0 radical (unpaired) electrons. The Kier molecular flexibility index (Phi) is 5.07. The van der Waals surface area contributed by atoms with Crippen molar-refractivity contribution < 1.29 is 9.59 Å². The van der Waals surface area contributed by atoms with Gasteiger partial charge in [0.25, 0.3) is 0 Å². The number of hydrogen-bond acceptors (Lipinski definition) is 2. The van der Waals surface area contributed by atoms with Crippen molar-refractivity contribution in [2.24, 2.45) is 0 Å². The van der Waals surface area contributed by atoms with Gasteiger partial charge in [-0.2, -0.15) is 0 Å². The first-order valence-corrected chi connectivity index (χ1v) is 8.83. The topological polar surface area (TPSA) is 52.7 Å². The summed E-state index contributed by atoms with van der Waals surface area (Å²) < 4.78 is 0. The standard InChI is InChI=1S/C21H23N3O2/c1-3-23-19(25)22-21(24(4-2)20(23)26,18-13-9-6-10-14-18)16-15-17-11-7-5-8-12-17/h5-16H,3-4H2,1-2H3,(H,22,25)/b16-15+. The van der Waals surface area contributed by atoms with E-state index in [1.807, 2.05) is 79.7 Å². The Morgan fingerprint density at radius 1 is 0.923 bits per heavy atom. The maximum Gasteiger partial charge on any atom is 0.330 e. The molecule has 5 nitrogen and oxygen atoms in total. The van der Waals surface area contributed by atoms with Gasteiger partial charge in [-0.1, -0.05) is 66.7 Å². The third-order valence-electron chi connectivity index (χ3n) is 4.59. The van der Waals surface area contributed by atoms with E-state index in [2.05, 4.69) is 5.32 Å². The summed E-state index contributed by atoms with van der Waals surface area (Å²) in [5.41, 5.74) is 0.816. The number of carbonyl (C=O) groups is 2. The molecule has 4 amide bonds. The number of hydrogen-bond donors (Lipinski definition) is 1. The molecule has 1 aliphatic rings. The Balaban J connectivity index is 2.13. The van der Waals surface area contributed by atoms with Crippen LogP contribution in [0.1, 0.15) is 25.0 Å². The zero-order chi connectivity index (χ0) is 18.6. The van der Waals surface area contributed by atoms with Gasteiger partial charge >= 0.3 is 12.1 Å². The van der Waals surface area contributed by atoms with E-state index in [1.54, 1.807) is 11.8 Å². The minimum absolute atomic E-state index is 0.291. The molecule has 0 spiro atoms. The van der Waals surface area contributed by atoms with Crippen LogP contribution < -0.4 is 5.32 Å². The van der Waals surface area contributed by atoms with Crippen molar-refractivity contribution in [1.82, 2.24) is 15.1 Å². The highest BCUT2D eigenvalue weighted by Gasteiger charge is 2.47. The fourth-order valence-corrected chi connectivity index (χ4v) is 3.27. The maximum absolute atomic E-state index is 13.0. The molecule has 0 bridgehead atoms. The predicted octanol–water partition coefficient (Wildman–Crippen LogP) is 4.04. The van der Waals surface area contributed by atoms with Crippen LogP contribution in [-0.2, 0) is 5.66 Å². The highest BCUT2D eigenvalue weighted by molar-refractivity contribution is 5.97. The third kappa shape index (κ3) is 3.08. The van der Waals surface area contributed by atoms with Crippen LogP contribution in [0.25, 0.3) is 6.08 Å². The minimum atomic E-state index is -1.02. The zero-order valence-corrected chi connectivity index (χ0v) is 15.1. The van der Waals surface area contributed by atoms with E-state index >= 15 is 0 Å². The predicted molar refractivity (Wildman–Crippen MR) is 102 cm³/mol. The smallest absolute Gasteiger partial charge is 0.307 e. The lowest BCUT2D eigenvalue weighted by molar-refractivity contribution is 0.0732. The molecule has 1 atom stereocenters. The van der Waals surface area contributed by atoms with Crippen molar-refractivity contribution in [3.63, 3.8) is 0 Å². The highest BCUT2D eigenvalue weighted by Crippen LogP contribution is 2.32. The lowest BCUT2D eigenvalue weighted by atomic mass is 9.94. The van der Waals surface area contributed by atoms with E-state index in [-0.39, 0.29) is 12.1 Å². The van der Waals surface area contributed by atoms with Crippen molar-refractivity contribution in [3.8, 4) is 0 Å². The second-order valence-corrected chi connectivity index (χ2v) is 6.08. The summed E-state index contributed by atoms with van der Waals surface area (Å²) in [4.78, 5) is 28.5. The first-order valence-electron chi connectivity index (χ1n) is 8.83. The second kappa shape index (κ2) is 7.44. The summed E-state index contributed by atoms with van der Waals surface area (Å²) in [6, 6.07) is 18.7. The molecule has 26 heavy (non-hydrogen) atoms. The summed E-state index contributed by atoms with van der Waals surface area (Å²) >= 11 is 0. The third-order valence-corrected chi connectivity index (χ3v) is 4.59. The van der Waals surface area contributed by atoms with Gasteiger partial charge in [0.05, 0.1) is 0 Å². The largest absolute Gasteiger partial charge is 0.330 e. The van der Waals surface area contributed by atoms with Gasteiger partial charge in [-0.25, -0.2) is 14.5 Å². The number of nitrogens with zero attached hydrogens (tertiary/aromatic N) is 2. The average Bonchev–Trinajstić information content (AvgIpc) is 2.68. The van der Waals surface area contributed by atoms with Gasteiger partial charge in [-0.15, -0.1) is 0 Å². The molecule has 0 aromatic heterocycles. The molecule has 1 unspecified atom stereocenters. The molecular formula is C21H23N3O2. The number of likely N-dealkylation sites (N-methyl/N-ethyl adjacent to an activating group) is 1. The first kappa shape index (κ1) is 17.7. The normalized spacial score (nSPS) is 20.5. The van der Waals surface area contributed by atoms with Crippen LogP contribution in [0.2, 0.25) is 0 Å². The number of rotatable bonds is 5. The van der Waals surface area contributed by atoms with Crippen LogP contribution in [0.4, 0.5) is 9.59 Å². The van der Waals surface area contributed by atoms with Crippen molar-refractivity contribution in [1.29, 1.82) is 0 Å². The van der Waals surface area contributed by atoms with Gasteiger partial charge in [-0.3, -0.25) is 4.90 Å². The van der Waals surface area contributed by atoms with E-state index in [0.29, 0.717) is 13.1 Å². The lowest BCUT2D eigenvalue weighted by Crippen LogP contribution is -2.69. The number of amides is 4. The Morgan fingerprint density at radius 3 is 2.12 bits per heavy atom. The van der Waals surface area contributed by atoms with Gasteiger partial charge in [0.15, 0.2) is 5.66 Å². The van der Waals surface area contributed by atoms with Crippen molar-refractivity contribution in [2.45, 2.75) is 19.5 Å². The fraction of sp³-hybridized carbons (Fsp3) is 0.238. The van der Waals surface area contributed by atoms with E-state index in [1.165, 1.54) is 4.90 Å². The monoisotopic (exact) mass is 349 g/mol. The number of benzene rings is 2.